The van der Waals surface area contributed by atoms with Crippen LogP contribution in [0.15, 0.2) is 0 Å². The van der Waals surface area contributed by atoms with Crippen LogP contribution in [0.4, 0.5) is 0 Å². The van der Waals surface area contributed by atoms with Crippen molar-refractivity contribution in [2.45, 2.75) is 12.2 Å². The Bertz CT molecular complexity index is 313. The Balaban J connectivity index is 4.53. The smallest absolute Gasteiger partial charge is 0.323 e. The maximum Gasteiger partial charge on any atom is 0.323 e. The summed E-state index contributed by atoms with van der Waals surface area (Å²) in [6, 6.07) is 0. The Morgan fingerprint density at radius 2 is 1.73 bits per heavy atom. The number of sulfonamides is 1. The van der Waals surface area contributed by atoms with E-state index in [1.54, 1.807) is 0 Å². The van der Waals surface area contributed by atoms with Crippen molar-refractivity contribution in [3.05, 3.63) is 0 Å². The van der Waals surface area contributed by atoms with Crippen molar-refractivity contribution in [1.29, 1.82) is 0 Å². The molecule has 0 aliphatic rings. The third-order valence-electron chi connectivity index (χ3n) is 2.09. The van der Waals surface area contributed by atoms with Gasteiger partial charge in [-0.2, -0.15) is 0 Å². The van der Waals surface area contributed by atoms with Crippen LogP contribution < -0.4 is 0 Å². The minimum absolute atomic E-state index is 0.285. The zero-order valence-electron chi connectivity index (χ0n) is 9.47. The van der Waals surface area contributed by atoms with E-state index < -0.39 is 21.2 Å². The first-order chi connectivity index (χ1) is 6.69. The molecule has 0 aliphatic heterocycles. The summed E-state index contributed by atoms with van der Waals surface area (Å²) in [4.78, 5) is 12.4. The Kier molecular flexibility index (Phi) is 5.19. The summed E-state index contributed by atoms with van der Waals surface area (Å²) in [5.41, 5.74) is 0. The molecule has 0 bridgehead atoms. The van der Waals surface area contributed by atoms with E-state index in [4.69, 9.17) is 5.11 Å². The third-order valence-corrected chi connectivity index (χ3v) is 4.24. The van der Waals surface area contributed by atoms with Gasteiger partial charge in [0.15, 0.2) is 5.25 Å². The monoisotopic (exact) mass is 238 g/mol. The normalized spacial score (nSPS) is 14.5. The molecule has 0 aromatic rings. The van der Waals surface area contributed by atoms with Gasteiger partial charge in [0.2, 0.25) is 10.0 Å². The van der Waals surface area contributed by atoms with Crippen LogP contribution in [0, 0.1) is 0 Å². The minimum atomic E-state index is -3.73. The molecular formula is C8H18N2O4S. The topological polar surface area (TPSA) is 77.9 Å². The fraction of sp³-hybridized carbons (Fsp3) is 0.875. The quantitative estimate of drug-likeness (QED) is 0.661. The highest BCUT2D eigenvalue weighted by molar-refractivity contribution is 7.90. The summed E-state index contributed by atoms with van der Waals surface area (Å²) in [7, 11) is 1.30. The summed E-state index contributed by atoms with van der Waals surface area (Å²) in [6.45, 7) is 2.01. The SMILES string of the molecule is CC(C(=O)O)S(=O)(=O)N(C)CCN(C)C. The zero-order valence-corrected chi connectivity index (χ0v) is 10.3. The van der Waals surface area contributed by atoms with Crippen LogP contribution in [0.25, 0.3) is 0 Å². The van der Waals surface area contributed by atoms with E-state index in [0.717, 1.165) is 4.31 Å². The summed E-state index contributed by atoms with van der Waals surface area (Å²) in [6.07, 6.45) is 0. The molecule has 6 nitrogen and oxygen atoms in total. The molecule has 90 valence electrons. The zero-order chi connectivity index (χ0) is 12.2. The number of nitrogens with zero attached hydrogens (tertiary/aromatic N) is 2. The number of carboxylic acids is 1. The van der Waals surface area contributed by atoms with Crippen molar-refractivity contribution in [2.24, 2.45) is 0 Å². The Morgan fingerprint density at radius 3 is 2.07 bits per heavy atom. The third kappa shape index (κ3) is 4.15. The molecule has 0 saturated heterocycles. The maximum atomic E-state index is 11.6. The first kappa shape index (κ1) is 14.3. The lowest BCUT2D eigenvalue weighted by molar-refractivity contribution is -0.136. The van der Waals surface area contributed by atoms with Crippen LogP contribution in [-0.4, -0.2) is 68.2 Å². The van der Waals surface area contributed by atoms with E-state index in [9.17, 15) is 13.2 Å². The van der Waals surface area contributed by atoms with E-state index in [2.05, 4.69) is 0 Å². The standard InChI is InChI=1S/C8H18N2O4S/c1-7(8(11)12)15(13,14)10(4)6-5-9(2)3/h7H,5-6H2,1-4H3,(H,11,12). The number of aliphatic carboxylic acids is 1. The van der Waals surface area contributed by atoms with Gasteiger partial charge < -0.3 is 10.0 Å². The van der Waals surface area contributed by atoms with Crippen molar-refractivity contribution in [3.8, 4) is 0 Å². The molecule has 0 aromatic carbocycles. The summed E-state index contributed by atoms with van der Waals surface area (Å²) >= 11 is 0. The molecule has 1 atom stereocenters. The lowest BCUT2D eigenvalue weighted by atomic mass is 10.5. The number of carboxylic acid groups (broad SMARTS) is 1. The Hall–Kier alpha value is -0.660. The molecule has 7 heteroatoms. The predicted molar refractivity (Wildman–Crippen MR) is 57.2 cm³/mol. The van der Waals surface area contributed by atoms with Crippen LogP contribution in [0.5, 0.6) is 0 Å². The average molecular weight is 238 g/mol. The lowest BCUT2D eigenvalue weighted by Gasteiger charge is -2.21. The van der Waals surface area contributed by atoms with E-state index in [-0.39, 0.29) is 6.54 Å². The number of carbonyl (C=O) groups is 1. The van der Waals surface area contributed by atoms with Crippen LogP contribution >= 0.6 is 0 Å². The predicted octanol–water partition coefficient (Wildman–Crippen LogP) is -0.717. The lowest BCUT2D eigenvalue weighted by Crippen LogP contribution is -2.41. The number of hydrogen-bond donors (Lipinski definition) is 1. The van der Waals surface area contributed by atoms with E-state index >= 15 is 0 Å². The van der Waals surface area contributed by atoms with Crippen molar-refractivity contribution < 1.29 is 18.3 Å². The van der Waals surface area contributed by atoms with Gasteiger partial charge in [0.1, 0.15) is 0 Å². The van der Waals surface area contributed by atoms with Gasteiger partial charge in [0.25, 0.3) is 0 Å². The largest absolute Gasteiger partial charge is 0.480 e. The molecule has 0 amide bonds. The fourth-order valence-corrected chi connectivity index (χ4v) is 2.00. The van der Waals surface area contributed by atoms with E-state index in [1.165, 1.54) is 14.0 Å². The highest BCUT2D eigenvalue weighted by Gasteiger charge is 2.31. The van der Waals surface area contributed by atoms with Crippen LogP contribution in [0.3, 0.4) is 0 Å². The van der Waals surface area contributed by atoms with Gasteiger partial charge >= 0.3 is 5.97 Å². The number of likely N-dealkylation sites (N-methyl/N-ethyl adjacent to an activating group) is 2. The van der Waals surface area contributed by atoms with Crippen molar-refractivity contribution in [1.82, 2.24) is 9.21 Å². The van der Waals surface area contributed by atoms with Gasteiger partial charge in [-0.15, -0.1) is 0 Å². The van der Waals surface area contributed by atoms with Gasteiger partial charge in [-0.05, 0) is 21.0 Å². The highest BCUT2D eigenvalue weighted by atomic mass is 32.2. The van der Waals surface area contributed by atoms with Gasteiger partial charge in [-0.1, -0.05) is 0 Å². The summed E-state index contributed by atoms with van der Waals surface area (Å²) in [5, 5.41) is 7.23. The highest BCUT2D eigenvalue weighted by Crippen LogP contribution is 2.06. The van der Waals surface area contributed by atoms with Crippen LogP contribution in [0.1, 0.15) is 6.92 Å². The minimum Gasteiger partial charge on any atom is -0.480 e. The Labute approximate surface area is 90.5 Å². The molecule has 0 aromatic heterocycles. The molecule has 1 unspecified atom stereocenters. The molecule has 0 heterocycles. The van der Waals surface area contributed by atoms with Crippen molar-refractivity contribution in [2.75, 3.05) is 34.2 Å². The van der Waals surface area contributed by atoms with Crippen LogP contribution in [-0.2, 0) is 14.8 Å². The molecule has 15 heavy (non-hydrogen) atoms. The van der Waals surface area contributed by atoms with Gasteiger partial charge in [-0.3, -0.25) is 4.79 Å². The molecule has 0 spiro atoms. The maximum absolute atomic E-state index is 11.6. The molecule has 0 aliphatic carbocycles. The Morgan fingerprint density at radius 1 is 1.27 bits per heavy atom. The summed E-state index contributed by atoms with van der Waals surface area (Å²) < 4.78 is 24.3. The average Bonchev–Trinajstić information content (AvgIpc) is 2.12. The molecule has 1 N–H and O–H groups in total. The second kappa shape index (κ2) is 5.43. The van der Waals surface area contributed by atoms with E-state index in [0.29, 0.717) is 6.54 Å². The fourth-order valence-electron chi connectivity index (χ4n) is 0.865. The van der Waals surface area contributed by atoms with Gasteiger partial charge in [0, 0.05) is 20.1 Å². The number of rotatable bonds is 6. The molecule has 0 rings (SSSR count). The number of hydrogen-bond acceptors (Lipinski definition) is 4. The first-order valence-corrected chi connectivity index (χ1v) is 6.02. The second-order valence-electron chi connectivity index (χ2n) is 3.65. The first-order valence-electron chi connectivity index (χ1n) is 4.52. The van der Waals surface area contributed by atoms with E-state index in [1.807, 2.05) is 19.0 Å². The second-order valence-corrected chi connectivity index (χ2v) is 6.01. The molecule has 0 fully saturated rings. The molecule has 0 radical (unpaired) electrons. The molecular weight excluding hydrogens is 220 g/mol. The van der Waals surface area contributed by atoms with Crippen LogP contribution in [0.2, 0.25) is 0 Å². The van der Waals surface area contributed by atoms with Gasteiger partial charge in [0.05, 0.1) is 0 Å². The molecule has 0 saturated carbocycles. The van der Waals surface area contributed by atoms with Gasteiger partial charge in [-0.25, -0.2) is 12.7 Å². The van der Waals surface area contributed by atoms with Crippen molar-refractivity contribution in [3.63, 3.8) is 0 Å². The summed E-state index contributed by atoms with van der Waals surface area (Å²) in [5.74, 6) is -1.33. The van der Waals surface area contributed by atoms with Crippen molar-refractivity contribution >= 4 is 16.0 Å².